The van der Waals surface area contributed by atoms with Crippen LogP contribution in [-0.2, 0) is 19.4 Å². The standard InChI is InChI=1S/C28H29N5O3S2/c34-25(31-27-29-21-9-1-2-10-22(21)37-27)19-8-5-7-18-12-16-33(17-20(18)19)28-30-24(26(35)36)23(38-28)11-6-15-32-13-3-4-14-32/h1-2,5,7-10H,3-4,6,11-17H2,(H,35,36)(H,29,31,34). The predicted octanol–water partition coefficient (Wildman–Crippen LogP) is 5.29. The number of para-hydroxylation sites is 1. The van der Waals surface area contributed by atoms with Crippen LogP contribution in [0.25, 0.3) is 10.2 Å². The van der Waals surface area contributed by atoms with E-state index in [1.54, 1.807) is 0 Å². The highest BCUT2D eigenvalue weighted by Crippen LogP contribution is 2.33. The van der Waals surface area contributed by atoms with Crippen molar-refractivity contribution in [1.29, 1.82) is 0 Å². The predicted molar refractivity (Wildman–Crippen MR) is 152 cm³/mol. The molecule has 1 amide bonds. The fourth-order valence-corrected chi connectivity index (χ4v) is 7.31. The Bertz CT molecular complexity index is 1460. The number of benzene rings is 2. The van der Waals surface area contributed by atoms with Gasteiger partial charge in [-0.1, -0.05) is 35.6 Å². The molecule has 38 heavy (non-hydrogen) atoms. The number of fused-ring (bicyclic) bond motifs is 2. The normalized spacial score (nSPS) is 15.6. The van der Waals surface area contributed by atoms with E-state index in [4.69, 9.17) is 0 Å². The zero-order valence-electron chi connectivity index (χ0n) is 21.0. The van der Waals surface area contributed by atoms with Crippen LogP contribution in [0.1, 0.15) is 56.1 Å². The lowest BCUT2D eigenvalue weighted by Crippen LogP contribution is -2.32. The van der Waals surface area contributed by atoms with E-state index < -0.39 is 5.97 Å². The van der Waals surface area contributed by atoms with E-state index in [1.807, 2.05) is 36.4 Å². The van der Waals surface area contributed by atoms with Crippen LogP contribution in [0, 0.1) is 0 Å². The van der Waals surface area contributed by atoms with Crippen molar-refractivity contribution in [2.45, 2.75) is 38.6 Å². The zero-order chi connectivity index (χ0) is 26.1. The highest BCUT2D eigenvalue weighted by atomic mass is 32.1. The number of nitrogens with zero attached hydrogens (tertiary/aromatic N) is 4. The number of amides is 1. The highest BCUT2D eigenvalue weighted by molar-refractivity contribution is 7.22. The summed E-state index contributed by atoms with van der Waals surface area (Å²) in [5, 5.41) is 14.1. The number of carbonyl (C=O) groups excluding carboxylic acids is 1. The molecule has 4 heterocycles. The topological polar surface area (TPSA) is 98.7 Å². The van der Waals surface area contributed by atoms with Gasteiger partial charge < -0.3 is 14.9 Å². The van der Waals surface area contributed by atoms with Crippen molar-refractivity contribution < 1.29 is 14.7 Å². The van der Waals surface area contributed by atoms with Crippen LogP contribution in [0.2, 0.25) is 0 Å². The molecule has 2 aromatic carbocycles. The van der Waals surface area contributed by atoms with Gasteiger partial charge >= 0.3 is 5.97 Å². The average Bonchev–Trinajstić information content (AvgIpc) is 3.68. The molecule has 196 valence electrons. The fourth-order valence-electron chi connectivity index (χ4n) is 5.33. The Labute approximate surface area is 229 Å². The number of carboxylic acids is 1. The van der Waals surface area contributed by atoms with Crippen LogP contribution in [0.5, 0.6) is 0 Å². The second kappa shape index (κ2) is 10.8. The maximum Gasteiger partial charge on any atom is 0.355 e. The molecule has 8 nitrogen and oxygen atoms in total. The first kappa shape index (κ1) is 25.0. The smallest absolute Gasteiger partial charge is 0.355 e. The van der Waals surface area contributed by atoms with E-state index >= 15 is 0 Å². The minimum atomic E-state index is -0.975. The first-order chi connectivity index (χ1) is 18.5. The second-order valence-electron chi connectivity index (χ2n) is 9.78. The lowest BCUT2D eigenvalue weighted by atomic mass is 9.94. The van der Waals surface area contributed by atoms with Crippen molar-refractivity contribution in [2.75, 3.05) is 36.4 Å². The van der Waals surface area contributed by atoms with E-state index in [0.717, 1.165) is 71.7 Å². The van der Waals surface area contributed by atoms with E-state index in [-0.39, 0.29) is 11.6 Å². The summed E-state index contributed by atoms with van der Waals surface area (Å²) >= 11 is 2.93. The molecular formula is C28H29N5O3S2. The van der Waals surface area contributed by atoms with Gasteiger partial charge in [0.1, 0.15) is 0 Å². The van der Waals surface area contributed by atoms with Crippen LogP contribution in [-0.4, -0.2) is 58.0 Å². The fraction of sp³-hybridized carbons (Fsp3) is 0.357. The zero-order valence-corrected chi connectivity index (χ0v) is 22.6. The molecule has 4 aromatic rings. The third-order valence-corrected chi connectivity index (χ3v) is 9.40. The number of thiazole rings is 2. The molecule has 0 unspecified atom stereocenters. The Balaban J connectivity index is 1.20. The maximum atomic E-state index is 13.3. The molecule has 2 aliphatic heterocycles. The van der Waals surface area contributed by atoms with Gasteiger partial charge in [-0.15, -0.1) is 11.3 Å². The van der Waals surface area contributed by atoms with Gasteiger partial charge in [0, 0.05) is 23.5 Å². The van der Waals surface area contributed by atoms with Crippen molar-refractivity contribution >= 4 is 55.0 Å². The summed E-state index contributed by atoms with van der Waals surface area (Å²) in [6.07, 6.45) is 4.92. The lowest BCUT2D eigenvalue weighted by molar-refractivity contribution is 0.0690. The van der Waals surface area contributed by atoms with Crippen molar-refractivity contribution in [2.24, 2.45) is 0 Å². The number of hydrogen-bond donors (Lipinski definition) is 2. The summed E-state index contributed by atoms with van der Waals surface area (Å²) in [5.74, 6) is -1.16. The SMILES string of the molecule is O=C(Nc1nc2ccccc2s1)c1cccc2c1CN(c1nc(C(=O)O)c(CCCN3CCCC3)s1)CC2. The molecule has 1 saturated heterocycles. The molecule has 0 saturated carbocycles. The third-order valence-electron chi connectivity index (χ3n) is 7.27. The molecule has 0 radical (unpaired) electrons. The summed E-state index contributed by atoms with van der Waals surface area (Å²) in [6, 6.07) is 13.7. The van der Waals surface area contributed by atoms with Gasteiger partial charge in [0.15, 0.2) is 16.0 Å². The summed E-state index contributed by atoms with van der Waals surface area (Å²) in [7, 11) is 0. The number of rotatable bonds is 8. The number of aromatic nitrogens is 2. The Morgan fingerprint density at radius 2 is 1.84 bits per heavy atom. The van der Waals surface area contributed by atoms with Crippen molar-refractivity contribution in [3.63, 3.8) is 0 Å². The number of aromatic carboxylic acids is 1. The monoisotopic (exact) mass is 547 g/mol. The van der Waals surface area contributed by atoms with Gasteiger partial charge in [0.05, 0.1) is 10.2 Å². The number of anilines is 2. The van der Waals surface area contributed by atoms with E-state index in [2.05, 4.69) is 31.2 Å². The second-order valence-corrected chi connectivity index (χ2v) is 11.9. The molecule has 2 N–H and O–H groups in total. The Morgan fingerprint density at radius 3 is 2.66 bits per heavy atom. The number of carboxylic acid groups (broad SMARTS) is 1. The van der Waals surface area contributed by atoms with Gasteiger partial charge in [-0.25, -0.2) is 14.8 Å². The highest BCUT2D eigenvalue weighted by Gasteiger charge is 2.27. The summed E-state index contributed by atoms with van der Waals surface area (Å²) in [4.78, 5) is 39.8. The quantitative estimate of drug-likeness (QED) is 0.309. The molecule has 0 atom stereocenters. The van der Waals surface area contributed by atoms with Gasteiger partial charge in [-0.3, -0.25) is 10.1 Å². The molecule has 0 bridgehead atoms. The van der Waals surface area contributed by atoms with Crippen molar-refractivity contribution in [1.82, 2.24) is 14.9 Å². The number of aryl methyl sites for hydroxylation is 1. The molecule has 2 aromatic heterocycles. The van der Waals surface area contributed by atoms with Gasteiger partial charge in [0.2, 0.25) is 0 Å². The molecule has 0 spiro atoms. The third kappa shape index (κ3) is 5.16. The van der Waals surface area contributed by atoms with Gasteiger partial charge in [0.25, 0.3) is 5.91 Å². The maximum absolute atomic E-state index is 13.3. The Kier molecular flexibility index (Phi) is 7.10. The number of nitrogens with one attached hydrogen (secondary N) is 1. The van der Waals surface area contributed by atoms with Crippen LogP contribution >= 0.6 is 22.7 Å². The number of hydrogen-bond acceptors (Lipinski definition) is 8. The van der Waals surface area contributed by atoms with E-state index in [0.29, 0.717) is 22.4 Å². The van der Waals surface area contributed by atoms with Gasteiger partial charge in [-0.2, -0.15) is 0 Å². The van der Waals surface area contributed by atoms with Crippen LogP contribution < -0.4 is 10.2 Å². The average molecular weight is 548 g/mol. The summed E-state index contributed by atoms with van der Waals surface area (Å²) in [5.41, 5.74) is 3.74. The van der Waals surface area contributed by atoms with Crippen LogP contribution in [0.15, 0.2) is 42.5 Å². The van der Waals surface area contributed by atoms with E-state index in [9.17, 15) is 14.7 Å². The molecule has 6 rings (SSSR count). The summed E-state index contributed by atoms with van der Waals surface area (Å²) in [6.45, 7) is 4.52. The first-order valence-electron chi connectivity index (χ1n) is 13.0. The lowest BCUT2D eigenvalue weighted by Gasteiger charge is -2.29. The molecule has 2 aliphatic rings. The van der Waals surface area contributed by atoms with Crippen molar-refractivity contribution in [3.8, 4) is 0 Å². The Morgan fingerprint density at radius 1 is 1.00 bits per heavy atom. The molecular weight excluding hydrogens is 518 g/mol. The Hall–Kier alpha value is -3.34. The van der Waals surface area contributed by atoms with Crippen molar-refractivity contribution in [3.05, 3.63) is 69.7 Å². The number of carbonyl (C=O) groups is 2. The molecule has 10 heteroatoms. The minimum Gasteiger partial charge on any atom is -0.476 e. The first-order valence-corrected chi connectivity index (χ1v) is 14.7. The largest absolute Gasteiger partial charge is 0.476 e. The van der Waals surface area contributed by atoms with Crippen LogP contribution in [0.3, 0.4) is 0 Å². The van der Waals surface area contributed by atoms with Crippen LogP contribution in [0.4, 0.5) is 10.3 Å². The number of likely N-dealkylation sites (tertiary alicyclic amines) is 1. The molecule has 0 aliphatic carbocycles. The molecule has 1 fully saturated rings. The minimum absolute atomic E-state index is 0.166. The van der Waals surface area contributed by atoms with Gasteiger partial charge in [-0.05, 0) is 81.1 Å². The van der Waals surface area contributed by atoms with E-state index in [1.165, 1.54) is 35.5 Å². The summed E-state index contributed by atoms with van der Waals surface area (Å²) < 4.78 is 1.03.